The van der Waals surface area contributed by atoms with Crippen LogP contribution >= 0.6 is 27.5 Å². The van der Waals surface area contributed by atoms with Crippen LogP contribution in [-0.2, 0) is 0 Å². The zero-order valence-electron chi connectivity index (χ0n) is 11.5. The molecule has 0 radical (unpaired) electrons. The third-order valence-electron chi connectivity index (χ3n) is 2.85. The molecule has 2 N–H and O–H groups in total. The van der Waals surface area contributed by atoms with Crippen molar-refractivity contribution in [3.63, 3.8) is 0 Å². The first-order chi connectivity index (χ1) is 9.99. The van der Waals surface area contributed by atoms with E-state index < -0.39 is 0 Å². The van der Waals surface area contributed by atoms with Crippen LogP contribution in [0.4, 0.5) is 16.2 Å². The lowest BCUT2D eigenvalue weighted by molar-refractivity contribution is 0.262. The summed E-state index contributed by atoms with van der Waals surface area (Å²) < 4.78 is 5.89. The molecule has 0 aliphatic carbocycles. The van der Waals surface area contributed by atoms with Gasteiger partial charge in [-0.1, -0.05) is 17.7 Å². The summed E-state index contributed by atoms with van der Waals surface area (Å²) in [4.78, 5) is 12.0. The third kappa shape index (κ3) is 4.12. The summed E-state index contributed by atoms with van der Waals surface area (Å²) in [6.07, 6.45) is 0. The largest absolute Gasteiger partial charge is 0.497 e. The Morgan fingerprint density at radius 1 is 1.19 bits per heavy atom. The van der Waals surface area contributed by atoms with Gasteiger partial charge >= 0.3 is 6.03 Å². The minimum Gasteiger partial charge on any atom is -0.497 e. The fraction of sp³-hybridized carbons (Fsp3) is 0.133. The van der Waals surface area contributed by atoms with Crippen molar-refractivity contribution in [2.24, 2.45) is 0 Å². The van der Waals surface area contributed by atoms with Gasteiger partial charge in [-0.05, 0) is 52.7 Å². The van der Waals surface area contributed by atoms with Gasteiger partial charge in [0.05, 0.1) is 12.8 Å². The molecule has 0 heterocycles. The van der Waals surface area contributed by atoms with Gasteiger partial charge in [0, 0.05) is 21.2 Å². The lowest BCUT2D eigenvalue weighted by atomic mass is 10.2. The molecule has 110 valence electrons. The average molecular weight is 370 g/mol. The smallest absolute Gasteiger partial charge is 0.323 e. The van der Waals surface area contributed by atoms with Crippen LogP contribution in [0.1, 0.15) is 5.56 Å². The topological polar surface area (TPSA) is 50.4 Å². The van der Waals surface area contributed by atoms with Crippen molar-refractivity contribution >= 4 is 44.9 Å². The van der Waals surface area contributed by atoms with Gasteiger partial charge in [-0.3, -0.25) is 0 Å². The minimum absolute atomic E-state index is 0.358. The second kappa shape index (κ2) is 6.83. The van der Waals surface area contributed by atoms with E-state index in [1.807, 2.05) is 13.0 Å². The molecule has 4 nitrogen and oxygen atoms in total. The number of benzene rings is 2. The second-order valence-electron chi connectivity index (χ2n) is 4.39. The fourth-order valence-electron chi connectivity index (χ4n) is 1.68. The highest BCUT2D eigenvalue weighted by Crippen LogP contribution is 2.27. The second-order valence-corrected chi connectivity index (χ2v) is 5.65. The standard InChI is InChI=1S/C15H14BrClN2O2/c1-9-3-4-10(7-13(9)17)18-15(20)19-14-8-11(21-2)5-6-12(14)16/h3-8H,1-2H3,(H2,18,19,20). The number of hydrogen-bond acceptors (Lipinski definition) is 2. The summed E-state index contributed by atoms with van der Waals surface area (Å²) in [6.45, 7) is 1.90. The van der Waals surface area contributed by atoms with Crippen molar-refractivity contribution in [1.29, 1.82) is 0 Å². The first kappa shape index (κ1) is 15.7. The molecule has 2 amide bonds. The number of halogens is 2. The summed E-state index contributed by atoms with van der Waals surface area (Å²) in [7, 11) is 1.57. The Bertz CT molecular complexity index is 677. The zero-order valence-corrected chi connectivity index (χ0v) is 13.9. The number of amides is 2. The van der Waals surface area contributed by atoms with Gasteiger partial charge in [-0.15, -0.1) is 0 Å². The number of rotatable bonds is 3. The molecule has 6 heteroatoms. The highest BCUT2D eigenvalue weighted by atomic mass is 79.9. The number of carbonyl (C=O) groups excluding carboxylic acids is 1. The molecule has 0 spiro atoms. The number of urea groups is 1. The molecule has 0 bridgehead atoms. The van der Waals surface area contributed by atoms with Gasteiger partial charge in [-0.2, -0.15) is 0 Å². The lowest BCUT2D eigenvalue weighted by Crippen LogP contribution is -2.19. The Kier molecular flexibility index (Phi) is 5.09. The van der Waals surface area contributed by atoms with Crippen molar-refractivity contribution in [3.8, 4) is 5.75 Å². The molecular weight excluding hydrogens is 356 g/mol. The van der Waals surface area contributed by atoms with E-state index in [0.29, 0.717) is 22.1 Å². The van der Waals surface area contributed by atoms with E-state index in [9.17, 15) is 4.79 Å². The van der Waals surface area contributed by atoms with E-state index >= 15 is 0 Å². The molecule has 0 aliphatic rings. The van der Waals surface area contributed by atoms with Gasteiger partial charge in [0.1, 0.15) is 5.75 Å². The monoisotopic (exact) mass is 368 g/mol. The first-order valence-corrected chi connectivity index (χ1v) is 7.34. The van der Waals surface area contributed by atoms with Gasteiger partial charge in [0.25, 0.3) is 0 Å². The molecule has 2 rings (SSSR count). The molecule has 0 unspecified atom stereocenters. The van der Waals surface area contributed by atoms with E-state index in [1.165, 1.54) is 0 Å². The van der Waals surface area contributed by atoms with Crippen LogP contribution in [-0.4, -0.2) is 13.1 Å². The van der Waals surface area contributed by atoms with E-state index in [-0.39, 0.29) is 6.03 Å². The molecule has 0 aliphatic heterocycles. The predicted octanol–water partition coefficient (Wildman–Crippen LogP) is 5.06. The maximum absolute atomic E-state index is 12.0. The molecule has 0 fully saturated rings. The summed E-state index contributed by atoms with van der Waals surface area (Å²) in [5.74, 6) is 0.659. The fourth-order valence-corrected chi connectivity index (χ4v) is 2.21. The van der Waals surface area contributed by atoms with Gasteiger partial charge in [-0.25, -0.2) is 4.79 Å². The van der Waals surface area contributed by atoms with Crippen molar-refractivity contribution < 1.29 is 9.53 Å². The van der Waals surface area contributed by atoms with E-state index in [1.54, 1.807) is 37.4 Å². The third-order valence-corrected chi connectivity index (χ3v) is 3.95. The van der Waals surface area contributed by atoms with Crippen LogP contribution in [0.15, 0.2) is 40.9 Å². The van der Waals surface area contributed by atoms with E-state index in [2.05, 4.69) is 26.6 Å². The van der Waals surface area contributed by atoms with Crippen molar-refractivity contribution in [1.82, 2.24) is 0 Å². The normalized spacial score (nSPS) is 10.1. The number of anilines is 2. The summed E-state index contributed by atoms with van der Waals surface area (Å²) >= 11 is 9.40. The Labute approximate surface area is 136 Å². The molecule has 2 aromatic carbocycles. The van der Waals surface area contributed by atoms with Gasteiger partial charge in [0.15, 0.2) is 0 Å². The molecule has 0 saturated heterocycles. The molecular formula is C15H14BrClN2O2. The molecule has 0 atom stereocenters. The Hall–Kier alpha value is -1.72. The van der Waals surface area contributed by atoms with Crippen molar-refractivity contribution in [2.75, 3.05) is 17.7 Å². The average Bonchev–Trinajstić information content (AvgIpc) is 2.45. The minimum atomic E-state index is -0.358. The highest BCUT2D eigenvalue weighted by Gasteiger charge is 2.08. The first-order valence-electron chi connectivity index (χ1n) is 6.17. The van der Waals surface area contributed by atoms with Crippen LogP contribution < -0.4 is 15.4 Å². The predicted molar refractivity (Wildman–Crippen MR) is 89.5 cm³/mol. The molecule has 21 heavy (non-hydrogen) atoms. The zero-order chi connectivity index (χ0) is 15.4. The van der Waals surface area contributed by atoms with Crippen molar-refractivity contribution in [3.05, 3.63) is 51.5 Å². The van der Waals surface area contributed by atoms with Crippen LogP contribution in [0.2, 0.25) is 5.02 Å². The molecule has 2 aromatic rings. The van der Waals surface area contributed by atoms with Crippen LogP contribution in [0, 0.1) is 6.92 Å². The number of hydrogen-bond donors (Lipinski definition) is 2. The molecule has 0 saturated carbocycles. The van der Waals surface area contributed by atoms with Gasteiger partial charge < -0.3 is 15.4 Å². The highest BCUT2D eigenvalue weighted by molar-refractivity contribution is 9.10. The number of carbonyl (C=O) groups is 1. The SMILES string of the molecule is COc1ccc(Br)c(NC(=O)Nc2ccc(C)c(Cl)c2)c1. The number of nitrogens with one attached hydrogen (secondary N) is 2. The van der Waals surface area contributed by atoms with Crippen LogP contribution in [0.3, 0.4) is 0 Å². The maximum Gasteiger partial charge on any atom is 0.323 e. The maximum atomic E-state index is 12.0. The molecule has 0 aromatic heterocycles. The van der Waals surface area contributed by atoms with E-state index in [4.69, 9.17) is 16.3 Å². The van der Waals surface area contributed by atoms with Gasteiger partial charge in [0.2, 0.25) is 0 Å². The summed E-state index contributed by atoms with van der Waals surface area (Å²) in [5, 5.41) is 6.08. The number of aryl methyl sites for hydroxylation is 1. The number of methoxy groups -OCH3 is 1. The Balaban J connectivity index is 2.09. The Morgan fingerprint density at radius 3 is 2.62 bits per heavy atom. The summed E-state index contributed by atoms with van der Waals surface area (Å²) in [5.41, 5.74) is 2.20. The van der Waals surface area contributed by atoms with E-state index in [0.717, 1.165) is 10.0 Å². The quantitative estimate of drug-likeness (QED) is 0.794. The van der Waals surface area contributed by atoms with Crippen LogP contribution in [0.5, 0.6) is 5.75 Å². The number of ether oxygens (including phenoxy) is 1. The van der Waals surface area contributed by atoms with Crippen LogP contribution in [0.25, 0.3) is 0 Å². The summed E-state index contributed by atoms with van der Waals surface area (Å²) in [6, 6.07) is 10.3. The van der Waals surface area contributed by atoms with Crippen molar-refractivity contribution in [2.45, 2.75) is 6.92 Å². The Morgan fingerprint density at radius 2 is 1.95 bits per heavy atom. The lowest BCUT2D eigenvalue weighted by Gasteiger charge is -2.11.